The summed E-state index contributed by atoms with van der Waals surface area (Å²) in [6.07, 6.45) is 0.964. The van der Waals surface area contributed by atoms with Crippen molar-refractivity contribution in [1.29, 1.82) is 0 Å². The molecule has 2 aromatic rings. The van der Waals surface area contributed by atoms with Crippen molar-refractivity contribution in [2.75, 3.05) is 14.2 Å². The van der Waals surface area contributed by atoms with Crippen molar-refractivity contribution < 1.29 is 14.3 Å². The van der Waals surface area contributed by atoms with Crippen molar-refractivity contribution in [3.8, 4) is 11.5 Å². The van der Waals surface area contributed by atoms with E-state index in [1.807, 2.05) is 16.7 Å². The fraction of sp³-hybridized carbons (Fsp3) is 0.429. The Morgan fingerprint density at radius 1 is 1.30 bits per heavy atom. The first-order valence-electron chi connectivity index (χ1n) is 6.41. The number of aromatic nitrogens is 1. The Bertz CT molecular complexity index is 700. The molecule has 5 nitrogen and oxygen atoms in total. The molecule has 1 amide bonds. The van der Waals surface area contributed by atoms with Crippen LogP contribution in [0, 0.1) is 0 Å². The summed E-state index contributed by atoms with van der Waals surface area (Å²) in [5, 5.41) is 0. The molecule has 0 spiro atoms. The molecule has 0 saturated heterocycles. The molecule has 108 valence electrons. The number of nitrogens with zero attached hydrogens (tertiary/aromatic N) is 2. The van der Waals surface area contributed by atoms with E-state index in [0.717, 1.165) is 23.2 Å². The van der Waals surface area contributed by atoms with E-state index in [-0.39, 0.29) is 5.91 Å². The zero-order valence-corrected chi connectivity index (χ0v) is 12.9. The van der Waals surface area contributed by atoms with Crippen molar-refractivity contribution in [3.63, 3.8) is 0 Å². The van der Waals surface area contributed by atoms with Gasteiger partial charge in [-0.05, 0) is 6.42 Å². The van der Waals surface area contributed by atoms with E-state index in [2.05, 4.69) is 11.9 Å². The number of hydrogen-bond donors (Lipinski definition) is 0. The van der Waals surface area contributed by atoms with Gasteiger partial charge in [0.2, 0.25) is 5.91 Å². The van der Waals surface area contributed by atoms with Gasteiger partial charge in [-0.25, -0.2) is 0 Å². The molecule has 1 aromatic heterocycles. The van der Waals surface area contributed by atoms with E-state index in [1.54, 1.807) is 14.2 Å². The number of aryl methyl sites for hydroxylation is 1. The molecule has 0 aliphatic rings. The molecule has 0 radical (unpaired) electrons. The summed E-state index contributed by atoms with van der Waals surface area (Å²) in [5.74, 6) is 1.16. The highest BCUT2D eigenvalue weighted by Gasteiger charge is 2.12. The van der Waals surface area contributed by atoms with Gasteiger partial charge < -0.3 is 14.0 Å². The third kappa shape index (κ3) is 2.70. The third-order valence-corrected chi connectivity index (χ3v) is 3.93. The molecule has 0 bridgehead atoms. The Kier molecular flexibility index (Phi) is 4.44. The van der Waals surface area contributed by atoms with Crippen LogP contribution in [0.25, 0.3) is 10.2 Å². The zero-order valence-electron chi connectivity index (χ0n) is 12.1. The average molecular weight is 294 g/mol. The largest absolute Gasteiger partial charge is 0.493 e. The van der Waals surface area contributed by atoms with Crippen LogP contribution in [0.15, 0.2) is 17.1 Å². The summed E-state index contributed by atoms with van der Waals surface area (Å²) in [5.41, 5.74) is 1.01. The standard InChI is InChI=1S/C14H18N2O3S/c1-5-6-16-10-7-11(18-3)12(19-4)8-13(10)20-14(16)15-9(2)17/h7-8H,5-6H2,1-4H3. The molecule has 0 aliphatic heterocycles. The van der Waals surface area contributed by atoms with Crippen LogP contribution in [-0.4, -0.2) is 24.7 Å². The molecule has 0 aliphatic carbocycles. The molecule has 2 rings (SSSR count). The van der Waals surface area contributed by atoms with Gasteiger partial charge in [-0.2, -0.15) is 4.99 Å². The predicted molar refractivity (Wildman–Crippen MR) is 79.5 cm³/mol. The minimum Gasteiger partial charge on any atom is -0.493 e. The second kappa shape index (κ2) is 6.09. The summed E-state index contributed by atoms with van der Waals surface area (Å²) in [4.78, 5) is 16.1. The van der Waals surface area contributed by atoms with E-state index in [0.29, 0.717) is 16.3 Å². The van der Waals surface area contributed by atoms with Gasteiger partial charge in [0.1, 0.15) is 0 Å². The first-order valence-corrected chi connectivity index (χ1v) is 7.23. The summed E-state index contributed by atoms with van der Waals surface area (Å²) in [6, 6.07) is 3.85. The van der Waals surface area contributed by atoms with Crippen LogP contribution in [0.5, 0.6) is 11.5 Å². The van der Waals surface area contributed by atoms with Crippen molar-refractivity contribution in [3.05, 3.63) is 16.9 Å². The molecule has 0 saturated carbocycles. The van der Waals surface area contributed by atoms with Gasteiger partial charge in [-0.15, -0.1) is 0 Å². The lowest BCUT2D eigenvalue weighted by Crippen LogP contribution is -2.15. The fourth-order valence-electron chi connectivity index (χ4n) is 2.06. The summed E-state index contributed by atoms with van der Waals surface area (Å²) < 4.78 is 13.7. The Balaban J connectivity index is 2.77. The van der Waals surface area contributed by atoms with Gasteiger partial charge in [0.15, 0.2) is 16.3 Å². The lowest BCUT2D eigenvalue weighted by atomic mass is 10.3. The highest BCUT2D eigenvalue weighted by atomic mass is 32.1. The minimum atomic E-state index is -0.194. The number of amides is 1. The van der Waals surface area contributed by atoms with Crippen LogP contribution < -0.4 is 14.3 Å². The van der Waals surface area contributed by atoms with Crippen LogP contribution in [0.4, 0.5) is 0 Å². The van der Waals surface area contributed by atoms with Crippen molar-refractivity contribution in [1.82, 2.24) is 4.57 Å². The lowest BCUT2D eigenvalue weighted by molar-refractivity contribution is -0.116. The molecule has 0 N–H and O–H groups in total. The first-order chi connectivity index (χ1) is 9.60. The monoisotopic (exact) mass is 294 g/mol. The van der Waals surface area contributed by atoms with Crippen molar-refractivity contribution in [2.24, 2.45) is 4.99 Å². The second-order valence-corrected chi connectivity index (χ2v) is 5.35. The quantitative estimate of drug-likeness (QED) is 0.871. The van der Waals surface area contributed by atoms with E-state index in [1.165, 1.54) is 18.3 Å². The van der Waals surface area contributed by atoms with Crippen LogP contribution in [0.1, 0.15) is 20.3 Å². The smallest absolute Gasteiger partial charge is 0.245 e. The van der Waals surface area contributed by atoms with Crippen LogP contribution >= 0.6 is 11.3 Å². The van der Waals surface area contributed by atoms with Gasteiger partial charge in [0, 0.05) is 25.6 Å². The van der Waals surface area contributed by atoms with Gasteiger partial charge in [0.25, 0.3) is 0 Å². The number of methoxy groups -OCH3 is 2. The zero-order chi connectivity index (χ0) is 14.7. The first kappa shape index (κ1) is 14.6. The maximum Gasteiger partial charge on any atom is 0.245 e. The maximum atomic E-state index is 11.3. The second-order valence-electron chi connectivity index (χ2n) is 4.34. The highest BCUT2D eigenvalue weighted by Crippen LogP contribution is 2.33. The molecule has 1 aromatic carbocycles. The van der Waals surface area contributed by atoms with E-state index < -0.39 is 0 Å². The Hall–Kier alpha value is -1.82. The lowest BCUT2D eigenvalue weighted by Gasteiger charge is -2.08. The van der Waals surface area contributed by atoms with Gasteiger partial charge >= 0.3 is 0 Å². The summed E-state index contributed by atoms with van der Waals surface area (Å²) in [6.45, 7) is 4.36. The molecular weight excluding hydrogens is 276 g/mol. The van der Waals surface area contributed by atoms with E-state index in [4.69, 9.17) is 9.47 Å². The fourth-order valence-corrected chi connectivity index (χ4v) is 3.17. The number of thiazole rings is 1. The average Bonchev–Trinajstić information content (AvgIpc) is 2.74. The number of rotatable bonds is 4. The van der Waals surface area contributed by atoms with Gasteiger partial charge in [-0.3, -0.25) is 4.79 Å². The summed E-state index contributed by atoms with van der Waals surface area (Å²) in [7, 11) is 3.22. The number of fused-ring (bicyclic) bond motifs is 1. The number of carbonyl (C=O) groups excluding carboxylic acids is 1. The van der Waals surface area contributed by atoms with Crippen LogP contribution in [-0.2, 0) is 11.3 Å². The van der Waals surface area contributed by atoms with Crippen molar-refractivity contribution in [2.45, 2.75) is 26.8 Å². The highest BCUT2D eigenvalue weighted by molar-refractivity contribution is 7.16. The van der Waals surface area contributed by atoms with Crippen molar-refractivity contribution >= 4 is 27.5 Å². The molecule has 0 fully saturated rings. The maximum absolute atomic E-state index is 11.3. The molecule has 0 unspecified atom stereocenters. The van der Waals surface area contributed by atoms with Gasteiger partial charge in [0.05, 0.1) is 24.4 Å². The van der Waals surface area contributed by atoms with Crippen LogP contribution in [0.3, 0.4) is 0 Å². The number of ether oxygens (including phenoxy) is 2. The normalized spacial score (nSPS) is 11.9. The summed E-state index contributed by atoms with van der Waals surface area (Å²) >= 11 is 1.48. The SMILES string of the molecule is CCCn1c(=NC(C)=O)sc2cc(OC)c(OC)cc21. The van der Waals surface area contributed by atoms with Crippen LogP contribution in [0.2, 0.25) is 0 Å². The molecule has 0 atom stereocenters. The van der Waals surface area contributed by atoms with E-state index in [9.17, 15) is 4.79 Å². The predicted octanol–water partition coefficient (Wildman–Crippen LogP) is 2.58. The Morgan fingerprint density at radius 2 is 1.95 bits per heavy atom. The minimum absolute atomic E-state index is 0.194. The topological polar surface area (TPSA) is 52.8 Å². The number of hydrogen-bond acceptors (Lipinski definition) is 4. The van der Waals surface area contributed by atoms with E-state index >= 15 is 0 Å². The number of carbonyl (C=O) groups is 1. The molecular formula is C14H18N2O3S. The van der Waals surface area contributed by atoms with Gasteiger partial charge in [-0.1, -0.05) is 18.3 Å². The molecule has 6 heteroatoms. The third-order valence-electron chi connectivity index (χ3n) is 2.89. The molecule has 1 heterocycles. The number of benzene rings is 1. The Labute approximate surface area is 121 Å². The Morgan fingerprint density at radius 3 is 2.50 bits per heavy atom. The molecule has 20 heavy (non-hydrogen) atoms.